The molecule has 1 unspecified atom stereocenters. The zero-order valence-corrected chi connectivity index (χ0v) is 10.9. The Bertz CT molecular complexity index is 322. The molecule has 0 saturated heterocycles. The molecule has 1 rings (SSSR count). The van der Waals surface area contributed by atoms with Crippen molar-refractivity contribution in [1.29, 1.82) is 0 Å². The van der Waals surface area contributed by atoms with Crippen LogP contribution < -0.4 is 11.3 Å². The molecule has 0 aliphatic carbocycles. The second-order valence-corrected chi connectivity index (χ2v) is 5.28. The molecule has 15 heavy (non-hydrogen) atoms. The van der Waals surface area contributed by atoms with E-state index in [4.69, 9.17) is 5.84 Å². The van der Waals surface area contributed by atoms with E-state index in [-0.39, 0.29) is 11.9 Å². The number of thioether (sulfide) groups is 1. The molecule has 0 heterocycles. The van der Waals surface area contributed by atoms with Crippen LogP contribution in [0.2, 0.25) is 0 Å². The average Bonchev–Trinajstić information content (AvgIpc) is 2.24. The Hall–Kier alpha value is -0.100. The monoisotopic (exact) mass is 292 g/mol. The summed E-state index contributed by atoms with van der Waals surface area (Å²) in [6.45, 7) is 2.06. The summed E-state index contributed by atoms with van der Waals surface area (Å²) in [4.78, 5) is 0. The minimum Gasteiger partial charge on any atom is -0.271 e. The normalized spacial score (nSPS) is 12.8. The van der Waals surface area contributed by atoms with Gasteiger partial charge in [0, 0.05) is 15.8 Å². The van der Waals surface area contributed by atoms with E-state index in [2.05, 4.69) is 28.3 Å². The molecule has 2 nitrogen and oxygen atoms in total. The second-order valence-electron chi connectivity index (χ2n) is 3.04. The molecular weight excluding hydrogens is 279 g/mol. The third-order valence-electron chi connectivity index (χ3n) is 2.02. The molecule has 1 aromatic rings. The molecule has 5 heteroatoms. The highest BCUT2D eigenvalue weighted by atomic mass is 79.9. The van der Waals surface area contributed by atoms with Gasteiger partial charge in [-0.1, -0.05) is 22.9 Å². The number of halogens is 2. The standard InChI is InChI=1S/C10H14BrFN2S/c1-2-15-6-10(14-13)8-5-7(11)3-4-9(8)12/h3-5,10,14H,2,6,13H2,1H3. The van der Waals surface area contributed by atoms with Crippen molar-refractivity contribution in [2.24, 2.45) is 5.84 Å². The Kier molecular flexibility index (Phi) is 5.60. The van der Waals surface area contributed by atoms with Crippen LogP contribution in [0.1, 0.15) is 18.5 Å². The van der Waals surface area contributed by atoms with Crippen molar-refractivity contribution in [3.05, 3.63) is 34.1 Å². The van der Waals surface area contributed by atoms with Crippen molar-refractivity contribution in [3.8, 4) is 0 Å². The van der Waals surface area contributed by atoms with Gasteiger partial charge in [-0.05, 0) is 24.0 Å². The van der Waals surface area contributed by atoms with Crippen LogP contribution in [0.5, 0.6) is 0 Å². The van der Waals surface area contributed by atoms with Gasteiger partial charge < -0.3 is 0 Å². The Morgan fingerprint density at radius 1 is 1.60 bits per heavy atom. The number of hydrogen-bond acceptors (Lipinski definition) is 3. The van der Waals surface area contributed by atoms with E-state index in [0.29, 0.717) is 5.56 Å². The van der Waals surface area contributed by atoms with Gasteiger partial charge in [0.1, 0.15) is 5.82 Å². The average molecular weight is 293 g/mol. The van der Waals surface area contributed by atoms with Crippen molar-refractivity contribution < 1.29 is 4.39 Å². The van der Waals surface area contributed by atoms with Crippen LogP contribution >= 0.6 is 27.7 Å². The predicted molar refractivity (Wildman–Crippen MR) is 67.2 cm³/mol. The zero-order valence-electron chi connectivity index (χ0n) is 8.47. The lowest BCUT2D eigenvalue weighted by Crippen LogP contribution is -2.30. The molecule has 0 saturated carbocycles. The van der Waals surface area contributed by atoms with E-state index in [9.17, 15) is 4.39 Å². The summed E-state index contributed by atoms with van der Waals surface area (Å²) < 4.78 is 14.4. The number of benzene rings is 1. The van der Waals surface area contributed by atoms with Gasteiger partial charge in [0.05, 0.1) is 6.04 Å². The SMILES string of the molecule is CCSCC(NN)c1cc(Br)ccc1F. The first kappa shape index (κ1) is 13.0. The first-order chi connectivity index (χ1) is 7.19. The van der Waals surface area contributed by atoms with Gasteiger partial charge in [0.15, 0.2) is 0 Å². The van der Waals surface area contributed by atoms with E-state index in [1.807, 2.05) is 0 Å². The third-order valence-corrected chi connectivity index (χ3v) is 3.49. The number of hydrogen-bond donors (Lipinski definition) is 2. The maximum atomic E-state index is 13.5. The summed E-state index contributed by atoms with van der Waals surface area (Å²) in [6.07, 6.45) is 0. The quantitative estimate of drug-likeness (QED) is 0.647. The van der Waals surface area contributed by atoms with Gasteiger partial charge in [0.25, 0.3) is 0 Å². The summed E-state index contributed by atoms with van der Waals surface area (Å²) >= 11 is 5.05. The fraction of sp³-hybridized carbons (Fsp3) is 0.400. The molecule has 1 aromatic carbocycles. The van der Waals surface area contributed by atoms with E-state index < -0.39 is 0 Å². The third kappa shape index (κ3) is 3.75. The molecule has 0 spiro atoms. The lowest BCUT2D eigenvalue weighted by atomic mass is 10.1. The largest absolute Gasteiger partial charge is 0.271 e. The van der Waals surface area contributed by atoms with Crippen LogP contribution in [0.25, 0.3) is 0 Å². The Morgan fingerprint density at radius 3 is 2.93 bits per heavy atom. The van der Waals surface area contributed by atoms with Crippen LogP contribution in [0.15, 0.2) is 22.7 Å². The topological polar surface area (TPSA) is 38.0 Å². The highest BCUT2D eigenvalue weighted by Gasteiger charge is 2.14. The van der Waals surface area contributed by atoms with E-state index in [1.165, 1.54) is 6.07 Å². The Labute approximate surface area is 102 Å². The minimum atomic E-state index is -0.224. The molecule has 0 aliphatic heterocycles. The molecule has 1 atom stereocenters. The first-order valence-corrected chi connectivity index (χ1v) is 6.62. The summed E-state index contributed by atoms with van der Waals surface area (Å²) in [5, 5.41) is 0. The van der Waals surface area contributed by atoms with Gasteiger partial charge in [-0.25, -0.2) is 4.39 Å². The van der Waals surface area contributed by atoms with Gasteiger partial charge >= 0.3 is 0 Å². The summed E-state index contributed by atoms with van der Waals surface area (Å²) in [5.74, 6) is 6.95. The van der Waals surface area contributed by atoms with E-state index in [0.717, 1.165) is 16.0 Å². The molecule has 0 amide bonds. The summed E-state index contributed by atoms with van der Waals surface area (Å²) in [7, 11) is 0. The summed E-state index contributed by atoms with van der Waals surface area (Å²) in [5.41, 5.74) is 3.24. The highest BCUT2D eigenvalue weighted by Crippen LogP contribution is 2.23. The van der Waals surface area contributed by atoms with Gasteiger partial charge in [-0.15, -0.1) is 0 Å². The van der Waals surface area contributed by atoms with Gasteiger partial charge in [-0.2, -0.15) is 11.8 Å². The highest BCUT2D eigenvalue weighted by molar-refractivity contribution is 9.10. The van der Waals surface area contributed by atoms with Crippen molar-refractivity contribution in [2.75, 3.05) is 11.5 Å². The first-order valence-electron chi connectivity index (χ1n) is 4.67. The smallest absolute Gasteiger partial charge is 0.128 e. The van der Waals surface area contributed by atoms with Crippen molar-refractivity contribution in [1.82, 2.24) is 5.43 Å². The Morgan fingerprint density at radius 2 is 2.33 bits per heavy atom. The maximum Gasteiger partial charge on any atom is 0.128 e. The molecule has 3 N–H and O–H groups in total. The van der Waals surface area contributed by atoms with Crippen LogP contribution in [0.4, 0.5) is 4.39 Å². The predicted octanol–water partition coefficient (Wildman–Crippen LogP) is 2.85. The van der Waals surface area contributed by atoms with Gasteiger partial charge in [-0.3, -0.25) is 11.3 Å². The second kappa shape index (κ2) is 6.48. The minimum absolute atomic E-state index is 0.146. The fourth-order valence-corrected chi connectivity index (χ4v) is 2.37. The van der Waals surface area contributed by atoms with E-state index in [1.54, 1.807) is 23.9 Å². The molecule has 0 radical (unpaired) electrons. The molecule has 0 fully saturated rings. The number of nitrogens with one attached hydrogen (secondary N) is 1. The lowest BCUT2D eigenvalue weighted by molar-refractivity contribution is 0.546. The molecule has 0 aromatic heterocycles. The van der Waals surface area contributed by atoms with Crippen LogP contribution in [-0.2, 0) is 0 Å². The number of hydrazine groups is 1. The molecule has 0 aliphatic rings. The zero-order chi connectivity index (χ0) is 11.3. The van der Waals surface area contributed by atoms with Crippen molar-refractivity contribution in [3.63, 3.8) is 0 Å². The fourth-order valence-electron chi connectivity index (χ4n) is 1.25. The molecule has 84 valence electrons. The Balaban J connectivity index is 2.85. The summed E-state index contributed by atoms with van der Waals surface area (Å²) in [6, 6.07) is 4.74. The van der Waals surface area contributed by atoms with E-state index >= 15 is 0 Å². The van der Waals surface area contributed by atoms with Crippen molar-refractivity contribution in [2.45, 2.75) is 13.0 Å². The van der Waals surface area contributed by atoms with Crippen LogP contribution in [-0.4, -0.2) is 11.5 Å². The lowest BCUT2D eigenvalue weighted by Gasteiger charge is -2.16. The van der Waals surface area contributed by atoms with Crippen LogP contribution in [0, 0.1) is 5.82 Å². The van der Waals surface area contributed by atoms with Crippen LogP contribution in [0.3, 0.4) is 0 Å². The van der Waals surface area contributed by atoms with Gasteiger partial charge in [0.2, 0.25) is 0 Å². The maximum absolute atomic E-state index is 13.5. The number of rotatable bonds is 5. The van der Waals surface area contributed by atoms with Crippen molar-refractivity contribution >= 4 is 27.7 Å². The molecule has 0 bridgehead atoms. The number of nitrogens with two attached hydrogens (primary N) is 1. The molecular formula is C10H14BrFN2S.